The molecule has 3 heterocycles. The number of amides is 2. The van der Waals surface area contributed by atoms with E-state index in [4.69, 9.17) is 4.74 Å². The van der Waals surface area contributed by atoms with Crippen LogP contribution in [0.1, 0.15) is 37.1 Å². The number of carbonyl (C=O) groups is 2. The van der Waals surface area contributed by atoms with Gasteiger partial charge in [0.25, 0.3) is 11.8 Å². The summed E-state index contributed by atoms with van der Waals surface area (Å²) in [6.45, 7) is 2.27. The highest BCUT2D eigenvalue weighted by atomic mass is 32.1. The first-order valence-corrected chi connectivity index (χ1v) is 11.7. The van der Waals surface area contributed by atoms with Crippen molar-refractivity contribution in [3.63, 3.8) is 0 Å². The Bertz CT molecular complexity index is 1380. The zero-order valence-corrected chi connectivity index (χ0v) is 20.3. The van der Waals surface area contributed by atoms with E-state index in [0.717, 1.165) is 11.1 Å². The van der Waals surface area contributed by atoms with E-state index in [2.05, 4.69) is 10.3 Å². The van der Waals surface area contributed by atoms with E-state index in [9.17, 15) is 28.3 Å². The quantitative estimate of drug-likeness (QED) is 0.466. The highest BCUT2D eigenvalue weighted by Gasteiger charge is 2.34. The van der Waals surface area contributed by atoms with Gasteiger partial charge in [-0.05, 0) is 13.0 Å². The first kappa shape index (κ1) is 25.3. The topological polar surface area (TPSA) is 117 Å². The van der Waals surface area contributed by atoms with Crippen LogP contribution in [0, 0.1) is 18.6 Å². The second-order valence-electron chi connectivity index (χ2n) is 8.06. The highest BCUT2D eigenvalue weighted by molar-refractivity contribution is 7.09. The molecule has 4 rings (SSSR count). The van der Waals surface area contributed by atoms with Gasteiger partial charge in [0.05, 0.1) is 23.9 Å². The number of fused-ring (bicyclic) bond motifs is 1. The van der Waals surface area contributed by atoms with Gasteiger partial charge in [0.2, 0.25) is 5.43 Å². The highest BCUT2D eigenvalue weighted by Crippen LogP contribution is 2.23. The van der Waals surface area contributed by atoms with Crippen LogP contribution >= 0.6 is 11.3 Å². The lowest BCUT2D eigenvalue weighted by Crippen LogP contribution is -2.54. The number of hydrogen-bond acceptors (Lipinski definition) is 8. The van der Waals surface area contributed by atoms with Crippen LogP contribution < -0.4 is 15.8 Å². The molecular formula is C23H23F2N5O5S. The zero-order valence-electron chi connectivity index (χ0n) is 19.5. The van der Waals surface area contributed by atoms with E-state index < -0.39 is 40.2 Å². The van der Waals surface area contributed by atoms with Crippen molar-refractivity contribution < 1.29 is 28.2 Å². The zero-order chi connectivity index (χ0) is 26.0. The monoisotopic (exact) mass is 519 g/mol. The molecule has 0 saturated carbocycles. The smallest absolute Gasteiger partial charge is 0.277 e. The van der Waals surface area contributed by atoms with Gasteiger partial charge in [-0.3, -0.25) is 24.1 Å². The van der Waals surface area contributed by atoms with E-state index in [1.807, 2.05) is 12.3 Å². The van der Waals surface area contributed by atoms with Crippen LogP contribution in [0.4, 0.5) is 8.78 Å². The fourth-order valence-corrected chi connectivity index (χ4v) is 4.36. The Balaban J connectivity index is 1.69. The van der Waals surface area contributed by atoms with E-state index in [1.54, 1.807) is 5.01 Å². The van der Waals surface area contributed by atoms with Crippen LogP contribution in [-0.2, 0) is 17.8 Å². The van der Waals surface area contributed by atoms with Crippen molar-refractivity contribution in [2.45, 2.75) is 20.0 Å². The molecule has 0 bridgehead atoms. The van der Waals surface area contributed by atoms with E-state index >= 15 is 0 Å². The first-order chi connectivity index (χ1) is 17.2. The normalized spacial score (nSPS) is 13.2. The molecule has 13 heteroatoms. The molecule has 1 aliphatic rings. The number of thiazole rings is 1. The van der Waals surface area contributed by atoms with Crippen LogP contribution in [0.15, 0.2) is 34.6 Å². The van der Waals surface area contributed by atoms with Crippen molar-refractivity contribution in [2.24, 2.45) is 0 Å². The van der Waals surface area contributed by atoms with Crippen LogP contribution in [0.5, 0.6) is 5.75 Å². The number of nitrogens with zero attached hydrogens (tertiary/aromatic N) is 4. The SMILES string of the molecule is COCCN1CN(Cc2csc(C)n2)n2cc(C(=O)NCc3ccc(F)cc3F)c(=O)c(O)c2C1=O. The summed E-state index contributed by atoms with van der Waals surface area (Å²) < 4.78 is 33.4. The Morgan fingerprint density at radius 3 is 2.75 bits per heavy atom. The molecule has 10 nitrogen and oxygen atoms in total. The molecule has 0 unspecified atom stereocenters. The third kappa shape index (κ3) is 5.06. The third-order valence-electron chi connectivity index (χ3n) is 5.57. The number of carbonyl (C=O) groups excluding carboxylic acids is 2. The van der Waals surface area contributed by atoms with Gasteiger partial charge in [-0.2, -0.15) is 0 Å². The molecule has 2 N–H and O–H groups in total. The molecule has 0 spiro atoms. The maximum atomic E-state index is 13.9. The minimum Gasteiger partial charge on any atom is -0.502 e. The van der Waals surface area contributed by atoms with Gasteiger partial charge in [0.1, 0.15) is 23.9 Å². The maximum Gasteiger partial charge on any atom is 0.277 e. The minimum absolute atomic E-state index is 0.0107. The molecular weight excluding hydrogens is 496 g/mol. The second kappa shape index (κ2) is 10.4. The molecule has 3 aromatic rings. The molecule has 0 radical (unpaired) electrons. The number of methoxy groups -OCH3 is 1. The van der Waals surface area contributed by atoms with Gasteiger partial charge in [-0.15, -0.1) is 11.3 Å². The van der Waals surface area contributed by atoms with Gasteiger partial charge < -0.3 is 20.1 Å². The molecule has 0 atom stereocenters. The summed E-state index contributed by atoms with van der Waals surface area (Å²) in [5.41, 5.74) is -1.09. The van der Waals surface area contributed by atoms with Gasteiger partial charge in [-0.25, -0.2) is 13.8 Å². The summed E-state index contributed by atoms with van der Waals surface area (Å²) in [7, 11) is 1.49. The number of pyridine rings is 1. The summed E-state index contributed by atoms with van der Waals surface area (Å²) in [6, 6.07) is 2.90. The molecule has 1 aromatic carbocycles. The lowest BCUT2D eigenvalue weighted by molar-refractivity contribution is 0.0619. The number of aryl methyl sites for hydroxylation is 1. The number of aromatic hydroxyl groups is 1. The molecule has 0 fully saturated rings. The second-order valence-corrected chi connectivity index (χ2v) is 9.12. The third-order valence-corrected chi connectivity index (χ3v) is 6.39. The first-order valence-electron chi connectivity index (χ1n) is 10.8. The van der Waals surface area contributed by atoms with Crippen molar-refractivity contribution in [3.8, 4) is 5.75 Å². The Morgan fingerprint density at radius 1 is 1.31 bits per heavy atom. The van der Waals surface area contributed by atoms with E-state index in [1.165, 1.54) is 40.3 Å². The number of aromatic nitrogens is 2. The molecule has 0 saturated heterocycles. The standard InChI is InChI=1S/C23H23F2N5O5S/c1-13-27-16(11-36-13)9-29-12-28(5-6-35-2)23(34)19-21(32)20(31)17(10-30(19)29)22(33)26-8-14-3-4-15(24)7-18(14)25/h3-4,7,10-11,32H,5-6,8-9,12H2,1-2H3,(H,26,33). The van der Waals surface area contributed by atoms with Crippen molar-refractivity contribution in [1.29, 1.82) is 0 Å². The van der Waals surface area contributed by atoms with Crippen LogP contribution in [0.3, 0.4) is 0 Å². The largest absolute Gasteiger partial charge is 0.502 e. The van der Waals surface area contributed by atoms with Crippen molar-refractivity contribution in [2.75, 3.05) is 31.9 Å². The van der Waals surface area contributed by atoms with Gasteiger partial charge in [0.15, 0.2) is 11.4 Å². The average molecular weight is 520 g/mol. The van der Waals surface area contributed by atoms with Crippen molar-refractivity contribution >= 4 is 23.2 Å². The fourth-order valence-electron chi connectivity index (χ4n) is 3.76. The molecule has 190 valence electrons. The maximum absolute atomic E-state index is 13.9. The Hall–Kier alpha value is -3.84. The van der Waals surface area contributed by atoms with Crippen LogP contribution in [0.2, 0.25) is 0 Å². The van der Waals surface area contributed by atoms with Crippen molar-refractivity contribution in [3.05, 3.63) is 79.2 Å². The van der Waals surface area contributed by atoms with Gasteiger partial charge >= 0.3 is 0 Å². The summed E-state index contributed by atoms with van der Waals surface area (Å²) in [4.78, 5) is 44.6. The number of hydrogen-bond donors (Lipinski definition) is 2. The molecule has 36 heavy (non-hydrogen) atoms. The number of nitrogens with one attached hydrogen (secondary N) is 1. The predicted octanol–water partition coefficient (Wildman–Crippen LogP) is 1.72. The Kier molecular flexibility index (Phi) is 7.31. The number of rotatable bonds is 8. The van der Waals surface area contributed by atoms with E-state index in [0.29, 0.717) is 11.8 Å². The predicted molar refractivity (Wildman–Crippen MR) is 126 cm³/mol. The average Bonchev–Trinajstić information content (AvgIpc) is 3.25. The Labute approximate surface area is 208 Å². The van der Waals surface area contributed by atoms with Gasteiger partial charge in [0, 0.05) is 43.4 Å². The Morgan fingerprint density at radius 2 is 2.08 bits per heavy atom. The van der Waals surface area contributed by atoms with E-state index in [-0.39, 0.29) is 44.2 Å². The van der Waals surface area contributed by atoms with Crippen LogP contribution in [-0.4, -0.2) is 58.4 Å². The number of halogens is 2. The molecule has 0 aliphatic carbocycles. The molecule has 1 aliphatic heterocycles. The summed E-state index contributed by atoms with van der Waals surface area (Å²) in [5.74, 6) is -4.00. The molecule has 2 amide bonds. The lowest BCUT2D eigenvalue weighted by Gasteiger charge is -2.39. The minimum atomic E-state index is -1.05. The van der Waals surface area contributed by atoms with Gasteiger partial charge in [-0.1, -0.05) is 6.07 Å². The van der Waals surface area contributed by atoms with Crippen LogP contribution in [0.25, 0.3) is 0 Å². The summed E-state index contributed by atoms with van der Waals surface area (Å²) >= 11 is 1.44. The molecule has 2 aromatic heterocycles. The number of benzene rings is 1. The fraction of sp³-hybridized carbons (Fsp3) is 0.304. The lowest BCUT2D eigenvalue weighted by atomic mass is 10.1. The van der Waals surface area contributed by atoms with Crippen molar-refractivity contribution in [1.82, 2.24) is 19.9 Å². The summed E-state index contributed by atoms with van der Waals surface area (Å²) in [6.07, 6.45) is 1.17. The summed E-state index contributed by atoms with van der Waals surface area (Å²) in [5, 5.41) is 17.4. The number of ether oxygens (including phenoxy) is 1.